The molecule has 0 amide bonds. The summed E-state index contributed by atoms with van der Waals surface area (Å²) in [4.78, 5) is 0. The minimum Gasteiger partial charge on any atom is -0.376 e. The van der Waals surface area contributed by atoms with Crippen molar-refractivity contribution in [1.82, 2.24) is 0 Å². The molecule has 1 aliphatic rings. The third kappa shape index (κ3) is 2.28. The quantitative estimate of drug-likeness (QED) is 0.609. The van der Waals surface area contributed by atoms with Gasteiger partial charge in [-0.3, -0.25) is 0 Å². The summed E-state index contributed by atoms with van der Waals surface area (Å²) in [5, 5.41) is 0. The minimum absolute atomic E-state index is 0.340. The van der Waals surface area contributed by atoms with Crippen LogP contribution in [-0.4, -0.2) is 13.9 Å². The molecular weight excluding hydrogens is 257 g/mol. The maximum Gasteiger partial charge on any atom is 0.534 e. The van der Waals surface area contributed by atoms with Gasteiger partial charge in [0.25, 0.3) is 0 Å². The fourth-order valence-electron chi connectivity index (χ4n) is 1.45. The summed E-state index contributed by atoms with van der Waals surface area (Å²) in [6.45, 7) is 0. The van der Waals surface area contributed by atoms with E-state index in [1.807, 2.05) is 6.08 Å². The highest BCUT2D eigenvalue weighted by atomic mass is 32.2. The molecule has 7 heteroatoms. The van der Waals surface area contributed by atoms with Crippen molar-refractivity contribution in [1.29, 1.82) is 0 Å². The topological polar surface area (TPSA) is 43.4 Å². The van der Waals surface area contributed by atoms with Gasteiger partial charge in [-0.1, -0.05) is 18.2 Å². The van der Waals surface area contributed by atoms with Crippen molar-refractivity contribution in [2.45, 2.75) is 11.9 Å². The van der Waals surface area contributed by atoms with Crippen LogP contribution >= 0.6 is 0 Å². The Balaban J connectivity index is 2.29. The van der Waals surface area contributed by atoms with Crippen LogP contribution in [0.1, 0.15) is 11.1 Å². The molecule has 0 radical (unpaired) electrons. The van der Waals surface area contributed by atoms with Crippen LogP contribution in [0.2, 0.25) is 0 Å². The van der Waals surface area contributed by atoms with Crippen molar-refractivity contribution in [2.75, 3.05) is 0 Å². The summed E-state index contributed by atoms with van der Waals surface area (Å²) >= 11 is 0. The monoisotopic (exact) mass is 264 g/mol. The first-order valence-corrected chi connectivity index (χ1v) is 6.01. The summed E-state index contributed by atoms with van der Waals surface area (Å²) in [6, 6.07) is 4.01. The molecule has 0 bridgehead atoms. The number of fused-ring (bicyclic) bond motifs is 1. The maximum absolute atomic E-state index is 12.1. The highest BCUT2D eigenvalue weighted by Crippen LogP contribution is 2.29. The molecule has 2 rings (SSSR count). The molecule has 0 unspecified atom stereocenters. The van der Waals surface area contributed by atoms with Crippen LogP contribution in [0.5, 0.6) is 5.75 Å². The lowest BCUT2D eigenvalue weighted by Gasteiger charge is -2.10. The number of allylic oxidation sites excluding steroid dienone is 1. The second-order valence-corrected chi connectivity index (χ2v) is 4.99. The van der Waals surface area contributed by atoms with Crippen LogP contribution in [0, 0.1) is 0 Å². The lowest BCUT2D eigenvalue weighted by molar-refractivity contribution is -0.0500. The molecule has 0 N–H and O–H groups in total. The van der Waals surface area contributed by atoms with E-state index in [2.05, 4.69) is 4.18 Å². The van der Waals surface area contributed by atoms with Gasteiger partial charge in [0.15, 0.2) is 0 Å². The molecule has 1 aromatic carbocycles. The molecule has 0 heterocycles. The van der Waals surface area contributed by atoms with Crippen LogP contribution in [0.3, 0.4) is 0 Å². The number of hydrogen-bond donors (Lipinski definition) is 0. The van der Waals surface area contributed by atoms with Gasteiger partial charge in [0.2, 0.25) is 0 Å². The zero-order valence-electron chi connectivity index (χ0n) is 8.36. The van der Waals surface area contributed by atoms with Gasteiger partial charge >= 0.3 is 15.6 Å². The van der Waals surface area contributed by atoms with Crippen LogP contribution < -0.4 is 4.18 Å². The first kappa shape index (κ1) is 12.0. The molecule has 3 nitrogen and oxygen atoms in total. The molecule has 0 aliphatic heterocycles. The Labute approximate surface area is 95.6 Å². The number of benzene rings is 1. The summed E-state index contributed by atoms with van der Waals surface area (Å²) in [6.07, 6.45) is 4.21. The van der Waals surface area contributed by atoms with E-state index in [9.17, 15) is 21.6 Å². The Hall–Kier alpha value is -1.50. The highest BCUT2D eigenvalue weighted by molar-refractivity contribution is 7.87. The summed E-state index contributed by atoms with van der Waals surface area (Å²) in [5.74, 6) is -0.340. The molecule has 1 aromatic rings. The van der Waals surface area contributed by atoms with Crippen LogP contribution in [0.4, 0.5) is 13.2 Å². The Morgan fingerprint density at radius 1 is 1.24 bits per heavy atom. The molecular formula is C10H7F3O3S. The molecule has 0 spiro atoms. The van der Waals surface area contributed by atoms with Crippen molar-refractivity contribution >= 4 is 16.2 Å². The lowest BCUT2D eigenvalue weighted by Crippen LogP contribution is -2.28. The van der Waals surface area contributed by atoms with E-state index < -0.39 is 15.6 Å². The van der Waals surface area contributed by atoms with Crippen LogP contribution in [0.15, 0.2) is 24.3 Å². The van der Waals surface area contributed by atoms with Gasteiger partial charge in [-0.25, -0.2) is 0 Å². The lowest BCUT2D eigenvalue weighted by atomic mass is 10.1. The fraction of sp³-hybridized carbons (Fsp3) is 0.200. The second kappa shape index (κ2) is 3.76. The van der Waals surface area contributed by atoms with E-state index in [0.29, 0.717) is 12.0 Å². The first-order chi connectivity index (χ1) is 7.79. The van der Waals surface area contributed by atoms with E-state index in [1.165, 1.54) is 18.2 Å². The Bertz CT molecular complexity index is 573. The van der Waals surface area contributed by atoms with Crippen molar-refractivity contribution in [3.05, 3.63) is 35.4 Å². The largest absolute Gasteiger partial charge is 0.534 e. The van der Waals surface area contributed by atoms with Gasteiger partial charge in [-0.05, 0) is 29.7 Å². The smallest absolute Gasteiger partial charge is 0.376 e. The van der Waals surface area contributed by atoms with Gasteiger partial charge in [0, 0.05) is 0 Å². The van der Waals surface area contributed by atoms with Gasteiger partial charge in [-0.15, -0.1) is 0 Å². The van der Waals surface area contributed by atoms with Gasteiger partial charge in [-0.2, -0.15) is 21.6 Å². The molecule has 92 valence electrons. The fourth-order valence-corrected chi connectivity index (χ4v) is 1.90. The van der Waals surface area contributed by atoms with Crippen LogP contribution in [0.25, 0.3) is 6.08 Å². The summed E-state index contributed by atoms with van der Waals surface area (Å²) in [5.41, 5.74) is -3.83. The predicted molar refractivity (Wildman–Crippen MR) is 54.8 cm³/mol. The van der Waals surface area contributed by atoms with Gasteiger partial charge < -0.3 is 4.18 Å². The minimum atomic E-state index is -5.59. The molecule has 17 heavy (non-hydrogen) atoms. The predicted octanol–water partition coefficient (Wildman–Crippen LogP) is 2.48. The van der Waals surface area contributed by atoms with E-state index in [4.69, 9.17) is 0 Å². The Morgan fingerprint density at radius 2 is 1.94 bits per heavy atom. The van der Waals surface area contributed by atoms with E-state index in [-0.39, 0.29) is 5.75 Å². The third-order valence-electron chi connectivity index (χ3n) is 2.24. The Kier molecular flexibility index (Phi) is 2.65. The number of hydrogen-bond acceptors (Lipinski definition) is 3. The molecule has 1 aliphatic carbocycles. The average Bonchev–Trinajstić information content (AvgIpc) is 2.62. The van der Waals surface area contributed by atoms with E-state index >= 15 is 0 Å². The summed E-state index contributed by atoms with van der Waals surface area (Å²) in [7, 11) is -5.59. The van der Waals surface area contributed by atoms with Crippen molar-refractivity contribution in [3.8, 4) is 5.75 Å². The number of rotatable bonds is 2. The van der Waals surface area contributed by atoms with Gasteiger partial charge in [0.1, 0.15) is 5.75 Å². The van der Waals surface area contributed by atoms with Crippen LogP contribution in [-0.2, 0) is 16.5 Å². The van der Waals surface area contributed by atoms with Crippen molar-refractivity contribution in [3.63, 3.8) is 0 Å². The number of halogens is 3. The zero-order chi connectivity index (χ0) is 12.7. The second-order valence-electron chi connectivity index (χ2n) is 3.45. The molecule has 0 saturated heterocycles. The normalized spacial score (nSPS) is 14.8. The van der Waals surface area contributed by atoms with Gasteiger partial charge in [0.05, 0.1) is 0 Å². The molecule has 0 atom stereocenters. The van der Waals surface area contributed by atoms with E-state index in [0.717, 1.165) is 5.56 Å². The molecule has 0 aromatic heterocycles. The number of alkyl halides is 3. The zero-order valence-corrected chi connectivity index (χ0v) is 9.18. The molecule has 0 fully saturated rings. The Morgan fingerprint density at radius 3 is 2.59 bits per heavy atom. The first-order valence-electron chi connectivity index (χ1n) is 4.60. The SMILES string of the molecule is O=S(=O)(Oc1ccc2c(c1)C=CC2)C(F)(F)F. The average molecular weight is 264 g/mol. The third-order valence-corrected chi connectivity index (χ3v) is 3.22. The van der Waals surface area contributed by atoms with E-state index in [1.54, 1.807) is 6.08 Å². The van der Waals surface area contributed by atoms with Crippen molar-refractivity contribution in [2.24, 2.45) is 0 Å². The maximum atomic E-state index is 12.1. The summed E-state index contributed by atoms with van der Waals surface area (Å²) < 4.78 is 61.7. The molecule has 0 saturated carbocycles. The highest BCUT2D eigenvalue weighted by Gasteiger charge is 2.48. The standard InChI is InChI=1S/C10H7F3O3S/c11-10(12,13)17(14,15)16-9-5-4-7-2-1-3-8(7)6-9/h1,3-6H,2H2. The van der Waals surface area contributed by atoms with Crippen molar-refractivity contribution < 1.29 is 25.8 Å².